The van der Waals surface area contributed by atoms with Gasteiger partial charge in [0.2, 0.25) is 11.4 Å². The molecule has 3 rings (SSSR count). The molecular formula is C78H138N2Ni. The molecule has 0 atom stereocenters. The molecule has 0 aromatic heterocycles. The van der Waals surface area contributed by atoms with Crippen molar-refractivity contribution in [3.05, 3.63) is 87.5 Å². The van der Waals surface area contributed by atoms with Gasteiger partial charge in [0, 0.05) is 22.3 Å². The van der Waals surface area contributed by atoms with E-state index in [4.69, 9.17) is 0 Å². The van der Waals surface area contributed by atoms with E-state index in [1.165, 1.54) is 328 Å². The van der Waals surface area contributed by atoms with E-state index in [1.54, 1.807) is 4.70 Å². The fraction of sp³-hybridized carbons (Fsp3) is 0.795. The van der Waals surface area contributed by atoms with E-state index >= 15 is 0 Å². The molecule has 0 N–H and O–H groups in total. The van der Waals surface area contributed by atoms with Gasteiger partial charge in [-0.05, 0) is 86.8 Å². The van der Waals surface area contributed by atoms with Crippen LogP contribution in [-0.4, -0.2) is 4.70 Å². The van der Waals surface area contributed by atoms with E-state index in [0.717, 1.165) is 73.9 Å². The molecule has 2 aromatic rings. The van der Waals surface area contributed by atoms with E-state index in [9.17, 15) is 5.53 Å². The molecule has 2 nitrogen and oxygen atoms in total. The number of hydrogen-bond acceptors (Lipinski definition) is 0. The fourth-order valence-corrected chi connectivity index (χ4v) is 13.5. The van der Waals surface area contributed by atoms with E-state index in [0.29, 0.717) is 0 Å². The van der Waals surface area contributed by atoms with E-state index in [-0.39, 0.29) is 0 Å². The summed E-state index contributed by atoms with van der Waals surface area (Å²) < 4.78 is 1.56. The molecule has 0 saturated heterocycles. The Balaban J connectivity index is 0.000000556. The minimum Gasteiger partial charge on any atom is -0.493 e. The van der Waals surface area contributed by atoms with Gasteiger partial charge in [0.1, 0.15) is 0 Å². The summed E-state index contributed by atoms with van der Waals surface area (Å²) in [6, 6.07) is 18.1. The summed E-state index contributed by atoms with van der Waals surface area (Å²) >= 11 is 2.05. The van der Waals surface area contributed by atoms with Gasteiger partial charge in [-0.25, -0.2) is 4.70 Å². The third-order valence-electron chi connectivity index (χ3n) is 17.6. The third kappa shape index (κ3) is 40.1. The Morgan fingerprint density at radius 2 is 0.556 bits per heavy atom. The van der Waals surface area contributed by atoms with Crippen molar-refractivity contribution in [2.75, 3.05) is 0 Å². The summed E-state index contributed by atoms with van der Waals surface area (Å²) in [5, 5.41) is 2.87. The van der Waals surface area contributed by atoms with Crippen molar-refractivity contribution in [2.24, 2.45) is 0 Å². The summed E-state index contributed by atoms with van der Waals surface area (Å²) in [6.45, 7) is 13.7. The zero-order valence-electron chi connectivity index (χ0n) is 55.4. The molecule has 0 fully saturated rings. The van der Waals surface area contributed by atoms with Gasteiger partial charge in [-0.3, -0.25) is 0 Å². The first-order valence-electron chi connectivity index (χ1n) is 36.6. The molecule has 1 aliphatic rings. The number of hydrogen-bond donors (Lipinski definition) is 0. The smallest absolute Gasteiger partial charge is 0.493 e. The predicted molar refractivity (Wildman–Crippen MR) is 361 cm³/mol. The van der Waals surface area contributed by atoms with Crippen LogP contribution in [0, 0.1) is 0 Å². The number of benzene rings is 2. The van der Waals surface area contributed by atoms with E-state index in [1.807, 2.05) is 14.4 Å². The predicted octanol–water partition coefficient (Wildman–Crippen LogP) is 28.3. The average Bonchev–Trinajstić information content (AvgIpc) is 3.85. The molecule has 0 saturated carbocycles. The minimum atomic E-state index is 1.01. The molecule has 0 aliphatic carbocycles. The zero-order valence-corrected chi connectivity index (χ0v) is 56.4. The summed E-state index contributed by atoms with van der Waals surface area (Å²) in [5.41, 5.74) is 21.8. The van der Waals surface area contributed by atoms with Gasteiger partial charge < -0.3 is 5.53 Å². The zero-order chi connectivity index (χ0) is 58.2. The van der Waals surface area contributed by atoms with Crippen molar-refractivity contribution in [3.8, 4) is 0 Å². The van der Waals surface area contributed by atoms with Crippen LogP contribution >= 0.6 is 0 Å². The van der Waals surface area contributed by atoms with E-state index < -0.39 is 0 Å². The van der Waals surface area contributed by atoms with Crippen molar-refractivity contribution in [1.29, 1.82) is 0 Å². The van der Waals surface area contributed by atoms with Crippen LogP contribution in [0.15, 0.2) is 59.7 Å². The number of rotatable bonds is 58. The van der Waals surface area contributed by atoms with Crippen molar-refractivity contribution < 1.29 is 19.1 Å². The molecule has 2 aromatic carbocycles. The Labute approximate surface area is 514 Å². The van der Waals surface area contributed by atoms with Gasteiger partial charge in [0.25, 0.3) is 0 Å². The van der Waals surface area contributed by atoms with Gasteiger partial charge in [0.15, 0.2) is 0 Å². The Morgan fingerprint density at radius 1 is 0.272 bits per heavy atom. The standard InChI is InChI=1S/C40H60N2.2C19H39.Ni/c1-5-9-13-15-17-19-22-33-28-30-35(31-29-33)39-37(26-11-7-3)38(27-12-8-4)40(42(39)41)36-25-21-24-34(32-36)23-20-18-16-14-10-6-2;2*1-3-5-7-9-11-13-15-17-19-18-16-14-12-10-8-6-4-2;/h21,24-25,28-32H,5-20,22-23,26-27H2,1-4H3;2*1,3-19H2,2H3;. The Kier molecular flexibility index (Phi) is 53.0. The van der Waals surface area contributed by atoms with Crippen molar-refractivity contribution >= 4 is 11.4 Å². The van der Waals surface area contributed by atoms with Crippen LogP contribution < -0.4 is 0 Å². The Bertz CT molecular complexity index is 1720. The van der Waals surface area contributed by atoms with Crippen LogP contribution in [0.4, 0.5) is 0 Å². The molecular weight excluding hydrogens is 1020 g/mol. The Morgan fingerprint density at radius 3 is 0.889 bits per heavy atom. The molecule has 1 heterocycles. The minimum absolute atomic E-state index is 1.01. The molecule has 0 bridgehead atoms. The molecule has 0 radical (unpaired) electrons. The maximum absolute atomic E-state index is 11.9. The fourth-order valence-electron chi connectivity index (χ4n) is 12.3. The van der Waals surface area contributed by atoms with Gasteiger partial charge >= 0.3 is 166 Å². The average molecular weight is 1160 g/mol. The molecule has 1 aliphatic heterocycles. The van der Waals surface area contributed by atoms with Crippen LogP contribution in [0.2, 0.25) is 10.8 Å². The van der Waals surface area contributed by atoms with Gasteiger partial charge in [-0.1, -0.05) is 220 Å². The molecule has 81 heavy (non-hydrogen) atoms. The van der Waals surface area contributed by atoms with Crippen LogP contribution in [0.1, 0.15) is 398 Å². The SMILES string of the molecule is CCCCCCCCCCCCCCCCCC[CH2][Ni][CH2]CCCCCCCCCCCCCCCCCC.CCCCCCCCc1ccc(C2=C(CCCC)C(CCCC)=C(c3cccc(CCCCCCCC)c3)[N+]2=[N-])cc1. The molecule has 470 valence electrons. The molecule has 0 unspecified atom stereocenters. The van der Waals surface area contributed by atoms with Crippen LogP contribution in [-0.2, 0) is 27.3 Å². The van der Waals surface area contributed by atoms with Crippen LogP contribution in [0.5, 0.6) is 0 Å². The third-order valence-corrected chi connectivity index (χ3v) is 19.0. The summed E-state index contributed by atoms with van der Waals surface area (Å²) in [7, 11) is 0. The number of nitrogens with zero attached hydrogens (tertiary/aromatic N) is 2. The first-order valence-corrected chi connectivity index (χ1v) is 38.0. The summed E-state index contributed by atoms with van der Waals surface area (Å²) in [5.74, 6) is 0. The second-order valence-electron chi connectivity index (χ2n) is 25.4. The Hall–Kier alpha value is -1.99. The topological polar surface area (TPSA) is 25.3 Å². The van der Waals surface area contributed by atoms with Crippen molar-refractivity contribution in [1.82, 2.24) is 0 Å². The first-order chi connectivity index (χ1) is 40.1. The molecule has 3 heteroatoms. The second-order valence-corrected chi connectivity index (χ2v) is 26.9. The molecule has 0 amide bonds. The van der Waals surface area contributed by atoms with Gasteiger partial charge in [-0.15, -0.1) is 0 Å². The van der Waals surface area contributed by atoms with Crippen LogP contribution in [0.3, 0.4) is 0 Å². The summed E-state index contributed by atoms with van der Waals surface area (Å²) in [6.07, 6.45) is 75.0. The van der Waals surface area contributed by atoms with Gasteiger partial charge in [-0.2, -0.15) is 0 Å². The van der Waals surface area contributed by atoms with Crippen molar-refractivity contribution in [2.45, 2.75) is 399 Å². The number of aryl methyl sites for hydroxylation is 2. The quantitative estimate of drug-likeness (QED) is 0.0358. The number of unbranched alkanes of at least 4 members (excludes halogenated alkanes) is 44. The summed E-state index contributed by atoms with van der Waals surface area (Å²) in [4.78, 5) is 0. The first kappa shape index (κ1) is 75.1. The van der Waals surface area contributed by atoms with Gasteiger partial charge in [0.05, 0.1) is 0 Å². The second kappa shape index (κ2) is 57.1. The maximum atomic E-state index is 11.9. The monoisotopic (exact) mass is 1160 g/mol. The molecule has 0 spiro atoms. The number of allylic oxidation sites excluding steroid dienone is 2. The normalized spacial score (nSPS) is 12.6. The van der Waals surface area contributed by atoms with E-state index in [2.05, 4.69) is 90.1 Å². The van der Waals surface area contributed by atoms with Crippen molar-refractivity contribution in [3.63, 3.8) is 0 Å². The van der Waals surface area contributed by atoms with Crippen LogP contribution in [0.25, 0.3) is 16.9 Å².